The molecule has 0 aliphatic carbocycles. The third kappa shape index (κ3) is 8.78. The Morgan fingerprint density at radius 2 is 1.38 bits per heavy atom. The number of piperidine rings is 1. The van der Waals surface area contributed by atoms with Crippen molar-refractivity contribution in [1.29, 1.82) is 0 Å². The highest BCUT2D eigenvalue weighted by Crippen LogP contribution is 2.23. The van der Waals surface area contributed by atoms with Gasteiger partial charge < -0.3 is 0 Å². The largest absolute Gasteiger partial charge is 0.299 e. The lowest BCUT2D eigenvalue weighted by Gasteiger charge is -2.32. The number of halogens is 2. The van der Waals surface area contributed by atoms with Crippen LogP contribution in [0.3, 0.4) is 0 Å². The summed E-state index contributed by atoms with van der Waals surface area (Å²) in [5.41, 5.74) is 6.41. The highest BCUT2D eigenvalue weighted by molar-refractivity contribution is 7.89. The number of fused-ring (bicyclic) bond motifs is 1. The number of nitrogens with zero attached hydrogens (tertiary/aromatic N) is 2. The third-order valence-electron chi connectivity index (χ3n) is 7.89. The van der Waals surface area contributed by atoms with Crippen molar-refractivity contribution in [3.63, 3.8) is 0 Å². The van der Waals surface area contributed by atoms with Gasteiger partial charge in [0.1, 0.15) is 0 Å². The number of sulfonamides is 1. The highest BCUT2D eigenvalue weighted by Gasteiger charge is 2.23. The number of benzene rings is 3. The number of likely N-dealkylation sites (tertiary alicyclic amines) is 1. The lowest BCUT2D eigenvalue weighted by atomic mass is 9.97. The van der Waals surface area contributed by atoms with Crippen molar-refractivity contribution >= 4 is 34.8 Å². The van der Waals surface area contributed by atoms with Gasteiger partial charge in [-0.05, 0) is 86.0 Å². The summed E-state index contributed by atoms with van der Waals surface area (Å²) in [5, 5.41) is 0. The molecule has 8 heteroatoms. The lowest BCUT2D eigenvalue weighted by molar-refractivity contribution is 0.178. The lowest BCUT2D eigenvalue weighted by Crippen LogP contribution is -2.38. The van der Waals surface area contributed by atoms with Crippen LogP contribution in [0.4, 0.5) is 0 Å². The highest BCUT2D eigenvalue weighted by atomic mass is 35.5. The first-order valence-corrected chi connectivity index (χ1v) is 15.1. The van der Waals surface area contributed by atoms with Crippen LogP contribution in [0.25, 0.3) is 0 Å². The van der Waals surface area contributed by atoms with Crippen LogP contribution in [0.1, 0.15) is 40.7 Å². The predicted molar refractivity (Wildman–Crippen MR) is 164 cm³/mol. The molecule has 1 N–H and O–H groups in total. The maximum absolute atomic E-state index is 13.2. The van der Waals surface area contributed by atoms with Crippen LogP contribution in [0.5, 0.6) is 0 Å². The smallest absolute Gasteiger partial charge is 0.240 e. The monoisotopic (exact) mass is 589 g/mol. The summed E-state index contributed by atoms with van der Waals surface area (Å²) in [7, 11) is -3.51. The molecule has 1 saturated heterocycles. The molecule has 3 aromatic rings. The summed E-state index contributed by atoms with van der Waals surface area (Å²) in [6, 6.07) is 25.0. The van der Waals surface area contributed by atoms with E-state index >= 15 is 0 Å². The molecule has 0 atom stereocenters. The van der Waals surface area contributed by atoms with Gasteiger partial charge in [0.25, 0.3) is 0 Å². The van der Waals surface area contributed by atoms with Crippen molar-refractivity contribution in [1.82, 2.24) is 14.5 Å². The maximum atomic E-state index is 13.2. The standard InChI is InChI=1S/C31H39N3O2S.2ClH/c1-25-6-5-9-28(20-25)24-34-18-14-29-10-11-31(21-30(29)15-19-34)37(35,36)32-22-26-12-16-33(17-13-26)23-27-7-3-2-4-8-27;;/h2-11,20-21,26,32H,12-19,22-24H2,1H3;2*1H. The van der Waals surface area contributed by atoms with Gasteiger partial charge in [-0.1, -0.05) is 66.2 Å². The molecule has 5 rings (SSSR count). The number of nitrogens with one attached hydrogen (secondary N) is 1. The van der Waals surface area contributed by atoms with E-state index < -0.39 is 10.0 Å². The van der Waals surface area contributed by atoms with E-state index in [0.29, 0.717) is 17.4 Å². The van der Waals surface area contributed by atoms with E-state index in [0.717, 1.165) is 65.0 Å². The van der Waals surface area contributed by atoms with E-state index in [4.69, 9.17) is 0 Å². The Balaban J connectivity index is 0.00000210. The zero-order valence-electron chi connectivity index (χ0n) is 22.7. The molecule has 0 saturated carbocycles. The summed E-state index contributed by atoms with van der Waals surface area (Å²) in [5.74, 6) is 0.387. The van der Waals surface area contributed by atoms with Gasteiger partial charge in [0.05, 0.1) is 4.90 Å². The van der Waals surface area contributed by atoms with Gasteiger partial charge in [-0.15, -0.1) is 24.8 Å². The minimum absolute atomic E-state index is 0. The topological polar surface area (TPSA) is 52.7 Å². The normalized spacial score (nSPS) is 16.9. The van der Waals surface area contributed by atoms with Gasteiger partial charge in [-0.25, -0.2) is 13.1 Å². The quantitative estimate of drug-likeness (QED) is 0.370. The van der Waals surface area contributed by atoms with E-state index in [1.165, 1.54) is 27.8 Å². The van der Waals surface area contributed by atoms with Gasteiger partial charge in [0.15, 0.2) is 0 Å². The second-order valence-corrected chi connectivity index (χ2v) is 12.5. The van der Waals surface area contributed by atoms with Crippen molar-refractivity contribution in [3.8, 4) is 0 Å². The molecule has 0 aromatic heterocycles. The van der Waals surface area contributed by atoms with Crippen LogP contribution < -0.4 is 4.72 Å². The molecular formula is C31H41Cl2N3O2S. The Morgan fingerprint density at radius 3 is 2.10 bits per heavy atom. The molecule has 0 spiro atoms. The van der Waals surface area contributed by atoms with Gasteiger partial charge in [0.2, 0.25) is 10.0 Å². The summed E-state index contributed by atoms with van der Waals surface area (Å²) in [4.78, 5) is 5.35. The third-order valence-corrected chi connectivity index (χ3v) is 9.31. The first kappa shape index (κ1) is 31.6. The molecule has 2 heterocycles. The van der Waals surface area contributed by atoms with E-state index in [1.54, 1.807) is 6.07 Å². The fraction of sp³-hybridized carbons (Fsp3) is 0.419. The number of hydrogen-bond donors (Lipinski definition) is 1. The average molecular weight is 591 g/mol. The Morgan fingerprint density at radius 1 is 0.744 bits per heavy atom. The second kappa shape index (κ2) is 14.6. The Bertz CT molecular complexity index is 1300. The molecule has 0 amide bonds. The van der Waals surface area contributed by atoms with Crippen LogP contribution >= 0.6 is 24.8 Å². The molecule has 1 fully saturated rings. The molecule has 0 radical (unpaired) electrons. The zero-order chi connectivity index (χ0) is 25.7. The fourth-order valence-electron chi connectivity index (χ4n) is 5.64. The first-order chi connectivity index (χ1) is 17.9. The molecule has 3 aromatic carbocycles. The maximum Gasteiger partial charge on any atom is 0.240 e. The Kier molecular flexibility index (Phi) is 11.9. The fourth-order valence-corrected chi connectivity index (χ4v) is 6.81. The number of hydrogen-bond acceptors (Lipinski definition) is 4. The van der Waals surface area contributed by atoms with E-state index in [-0.39, 0.29) is 24.8 Å². The zero-order valence-corrected chi connectivity index (χ0v) is 25.2. The van der Waals surface area contributed by atoms with E-state index in [9.17, 15) is 8.42 Å². The Hall–Kier alpha value is -1.93. The van der Waals surface area contributed by atoms with E-state index in [2.05, 4.69) is 70.0 Å². The molecule has 39 heavy (non-hydrogen) atoms. The van der Waals surface area contributed by atoms with Crippen molar-refractivity contribution < 1.29 is 8.42 Å². The van der Waals surface area contributed by atoms with Crippen LogP contribution in [-0.2, 0) is 36.0 Å². The van der Waals surface area contributed by atoms with Crippen molar-refractivity contribution in [3.05, 3.63) is 101 Å². The van der Waals surface area contributed by atoms with E-state index in [1.807, 2.05) is 18.2 Å². The molecule has 0 bridgehead atoms. The van der Waals surface area contributed by atoms with Gasteiger partial charge in [0, 0.05) is 32.7 Å². The van der Waals surface area contributed by atoms with Gasteiger partial charge in [-0.3, -0.25) is 9.80 Å². The SMILES string of the molecule is Cc1cccc(CN2CCc3ccc(S(=O)(=O)NCC4CCN(Cc5ccccc5)CC4)cc3CC2)c1.Cl.Cl. The molecule has 2 aliphatic heterocycles. The molecule has 0 unspecified atom stereocenters. The summed E-state index contributed by atoms with van der Waals surface area (Å²) in [6.45, 7) is 8.52. The van der Waals surface area contributed by atoms with Crippen molar-refractivity contribution in [2.24, 2.45) is 5.92 Å². The predicted octanol–water partition coefficient (Wildman–Crippen LogP) is 5.63. The van der Waals surface area contributed by atoms with Crippen molar-refractivity contribution in [2.75, 3.05) is 32.7 Å². The molecule has 5 nitrogen and oxygen atoms in total. The molecule has 2 aliphatic rings. The number of aryl methyl sites for hydroxylation is 1. The number of rotatable bonds is 8. The second-order valence-electron chi connectivity index (χ2n) is 10.8. The van der Waals surface area contributed by atoms with Crippen molar-refractivity contribution in [2.45, 2.75) is 50.6 Å². The van der Waals surface area contributed by atoms with Crippen LogP contribution in [0.15, 0.2) is 77.7 Å². The van der Waals surface area contributed by atoms with Crippen LogP contribution in [0, 0.1) is 12.8 Å². The van der Waals surface area contributed by atoms with Gasteiger partial charge in [-0.2, -0.15) is 0 Å². The summed E-state index contributed by atoms with van der Waals surface area (Å²) >= 11 is 0. The minimum atomic E-state index is -3.51. The molecular weight excluding hydrogens is 549 g/mol. The Labute approximate surface area is 246 Å². The van der Waals surface area contributed by atoms with Crippen LogP contribution in [0.2, 0.25) is 0 Å². The summed E-state index contributed by atoms with van der Waals surface area (Å²) in [6.07, 6.45) is 3.88. The average Bonchev–Trinajstić information content (AvgIpc) is 3.11. The summed E-state index contributed by atoms with van der Waals surface area (Å²) < 4.78 is 29.2. The first-order valence-electron chi connectivity index (χ1n) is 13.6. The minimum Gasteiger partial charge on any atom is -0.299 e. The molecule has 212 valence electrons. The van der Waals surface area contributed by atoms with Gasteiger partial charge >= 0.3 is 0 Å². The van der Waals surface area contributed by atoms with Crippen LogP contribution in [-0.4, -0.2) is 50.9 Å².